The zero-order valence-corrected chi connectivity index (χ0v) is 21.3. The van der Waals surface area contributed by atoms with Crippen molar-refractivity contribution in [2.75, 3.05) is 37.7 Å². The third kappa shape index (κ3) is 5.01. The highest BCUT2D eigenvalue weighted by molar-refractivity contribution is 7.19. The van der Waals surface area contributed by atoms with Gasteiger partial charge in [-0.1, -0.05) is 24.9 Å². The summed E-state index contributed by atoms with van der Waals surface area (Å²) in [6.45, 7) is 5.10. The van der Waals surface area contributed by atoms with Gasteiger partial charge in [-0.05, 0) is 61.9 Å². The molecule has 6 nitrogen and oxygen atoms in total. The van der Waals surface area contributed by atoms with E-state index in [0.717, 1.165) is 55.2 Å². The third-order valence-electron chi connectivity index (χ3n) is 6.67. The van der Waals surface area contributed by atoms with Crippen molar-refractivity contribution in [1.82, 2.24) is 14.9 Å². The number of nitrogens with zero attached hydrogens (tertiary/aromatic N) is 4. The standard InChI is InChI=1S/C26H31ClN4O2S/c1-2-6-22-28-25(24-20-7-4-3-5-8-21(20)34-26(24)29-22)31-15-13-30(14-16-31)23(32)17-33-19-11-9-18(27)10-12-19/h9-12H,2-8,13-17H2,1H3. The molecule has 180 valence electrons. The Balaban J connectivity index is 1.31. The van der Waals surface area contributed by atoms with Crippen LogP contribution in [0.5, 0.6) is 5.75 Å². The van der Waals surface area contributed by atoms with E-state index in [2.05, 4.69) is 11.8 Å². The molecule has 0 unspecified atom stereocenters. The van der Waals surface area contributed by atoms with E-state index < -0.39 is 0 Å². The molecule has 0 bridgehead atoms. The van der Waals surface area contributed by atoms with Gasteiger partial charge in [0, 0.05) is 42.5 Å². The molecule has 0 radical (unpaired) electrons. The molecule has 1 aliphatic carbocycles. The number of carbonyl (C=O) groups excluding carboxylic acids is 1. The second-order valence-electron chi connectivity index (χ2n) is 9.07. The van der Waals surface area contributed by atoms with Crippen LogP contribution in [0.15, 0.2) is 24.3 Å². The van der Waals surface area contributed by atoms with Gasteiger partial charge in [0.15, 0.2) is 6.61 Å². The van der Waals surface area contributed by atoms with Gasteiger partial charge in [-0.25, -0.2) is 9.97 Å². The molecule has 34 heavy (non-hydrogen) atoms. The lowest BCUT2D eigenvalue weighted by molar-refractivity contribution is -0.133. The lowest BCUT2D eigenvalue weighted by Crippen LogP contribution is -2.50. The molecule has 3 aromatic rings. The zero-order chi connectivity index (χ0) is 23.5. The lowest BCUT2D eigenvalue weighted by atomic mass is 10.1. The third-order valence-corrected chi connectivity index (χ3v) is 8.11. The van der Waals surface area contributed by atoms with Crippen molar-refractivity contribution in [3.05, 3.63) is 45.6 Å². The van der Waals surface area contributed by atoms with E-state index in [9.17, 15) is 4.79 Å². The number of benzene rings is 1. The summed E-state index contributed by atoms with van der Waals surface area (Å²) in [4.78, 5) is 29.7. The second-order valence-corrected chi connectivity index (χ2v) is 10.6. The topological polar surface area (TPSA) is 58.6 Å². The fraction of sp³-hybridized carbons (Fsp3) is 0.500. The maximum absolute atomic E-state index is 12.8. The van der Waals surface area contributed by atoms with Crippen LogP contribution in [0.2, 0.25) is 5.02 Å². The van der Waals surface area contributed by atoms with Crippen LogP contribution in [0.4, 0.5) is 5.82 Å². The molecule has 1 amide bonds. The van der Waals surface area contributed by atoms with Crippen LogP contribution in [-0.4, -0.2) is 53.6 Å². The molecule has 1 aliphatic heterocycles. The van der Waals surface area contributed by atoms with E-state index in [4.69, 9.17) is 26.3 Å². The van der Waals surface area contributed by atoms with E-state index in [0.29, 0.717) is 23.9 Å². The minimum absolute atomic E-state index is 0.0125. The van der Waals surface area contributed by atoms with Crippen molar-refractivity contribution in [1.29, 1.82) is 0 Å². The van der Waals surface area contributed by atoms with Gasteiger partial charge in [-0.2, -0.15) is 0 Å². The number of thiophene rings is 1. The summed E-state index contributed by atoms with van der Waals surface area (Å²) in [5.74, 6) is 2.69. The molecular formula is C26H31ClN4O2S. The molecule has 0 N–H and O–H groups in total. The van der Waals surface area contributed by atoms with Gasteiger partial charge in [-0.15, -0.1) is 11.3 Å². The Morgan fingerprint density at radius 1 is 1.06 bits per heavy atom. The van der Waals surface area contributed by atoms with Crippen molar-refractivity contribution in [2.45, 2.75) is 51.9 Å². The van der Waals surface area contributed by atoms with Gasteiger partial charge in [0.2, 0.25) is 0 Å². The molecule has 2 aliphatic rings. The molecule has 2 aromatic heterocycles. The van der Waals surface area contributed by atoms with E-state index in [1.807, 2.05) is 16.2 Å². The molecule has 0 saturated carbocycles. The SMILES string of the molecule is CCCc1nc(N2CCN(C(=O)COc3ccc(Cl)cc3)CC2)c2c3c(sc2n1)CCCCC3. The van der Waals surface area contributed by atoms with Crippen LogP contribution in [0.3, 0.4) is 0 Å². The number of ether oxygens (including phenoxy) is 1. The van der Waals surface area contributed by atoms with Gasteiger partial charge in [0.1, 0.15) is 22.2 Å². The van der Waals surface area contributed by atoms with E-state index in [1.165, 1.54) is 35.1 Å². The Labute approximate surface area is 209 Å². The Bertz CT molecular complexity index is 1160. The highest BCUT2D eigenvalue weighted by atomic mass is 35.5. The molecule has 1 fully saturated rings. The van der Waals surface area contributed by atoms with Crippen molar-refractivity contribution in [3.63, 3.8) is 0 Å². The van der Waals surface area contributed by atoms with Crippen molar-refractivity contribution in [2.24, 2.45) is 0 Å². The maximum atomic E-state index is 12.8. The predicted octanol–water partition coefficient (Wildman–Crippen LogP) is 5.29. The molecule has 3 heterocycles. The molecule has 1 aromatic carbocycles. The average Bonchev–Trinajstić information content (AvgIpc) is 3.04. The van der Waals surface area contributed by atoms with Crippen LogP contribution in [0.1, 0.15) is 48.9 Å². The van der Waals surface area contributed by atoms with Crippen LogP contribution < -0.4 is 9.64 Å². The first-order valence-corrected chi connectivity index (χ1v) is 13.5. The van der Waals surface area contributed by atoms with Crippen molar-refractivity contribution < 1.29 is 9.53 Å². The van der Waals surface area contributed by atoms with Gasteiger partial charge < -0.3 is 14.5 Å². The number of hydrogen-bond donors (Lipinski definition) is 0. The summed E-state index contributed by atoms with van der Waals surface area (Å²) in [5.41, 5.74) is 1.48. The summed E-state index contributed by atoms with van der Waals surface area (Å²) < 4.78 is 5.67. The number of anilines is 1. The zero-order valence-electron chi connectivity index (χ0n) is 19.7. The van der Waals surface area contributed by atoms with Gasteiger partial charge in [0.05, 0.1) is 5.39 Å². The van der Waals surface area contributed by atoms with E-state index >= 15 is 0 Å². The number of carbonyl (C=O) groups is 1. The summed E-state index contributed by atoms with van der Waals surface area (Å²) in [7, 11) is 0. The highest BCUT2D eigenvalue weighted by Crippen LogP contribution is 2.39. The summed E-state index contributed by atoms with van der Waals surface area (Å²) in [5, 5.41) is 1.92. The van der Waals surface area contributed by atoms with E-state index in [1.54, 1.807) is 24.3 Å². The molecule has 0 atom stereocenters. The van der Waals surface area contributed by atoms with Crippen molar-refractivity contribution >= 4 is 44.9 Å². The molecule has 5 rings (SSSR count). The summed E-state index contributed by atoms with van der Waals surface area (Å²) >= 11 is 7.79. The minimum atomic E-state index is 0.0125. The van der Waals surface area contributed by atoms with Crippen molar-refractivity contribution in [3.8, 4) is 5.75 Å². The normalized spacial score (nSPS) is 16.4. The summed E-state index contributed by atoms with van der Waals surface area (Å²) in [6.07, 6.45) is 8.02. The average molecular weight is 499 g/mol. The minimum Gasteiger partial charge on any atom is -0.484 e. The Morgan fingerprint density at radius 2 is 1.82 bits per heavy atom. The molecule has 1 saturated heterocycles. The lowest BCUT2D eigenvalue weighted by Gasteiger charge is -2.36. The number of aryl methyl sites for hydroxylation is 3. The number of halogens is 1. The van der Waals surface area contributed by atoms with Gasteiger partial charge >= 0.3 is 0 Å². The van der Waals surface area contributed by atoms with E-state index in [-0.39, 0.29) is 12.5 Å². The van der Waals surface area contributed by atoms with Crippen LogP contribution in [0, 0.1) is 0 Å². The Morgan fingerprint density at radius 3 is 2.59 bits per heavy atom. The largest absolute Gasteiger partial charge is 0.484 e. The first-order valence-electron chi connectivity index (χ1n) is 12.3. The van der Waals surface area contributed by atoms with Gasteiger partial charge in [-0.3, -0.25) is 4.79 Å². The number of hydrogen-bond acceptors (Lipinski definition) is 6. The van der Waals surface area contributed by atoms with Gasteiger partial charge in [0.25, 0.3) is 5.91 Å². The first kappa shape index (κ1) is 23.4. The Kier molecular flexibility index (Phi) is 7.21. The fourth-order valence-electron chi connectivity index (χ4n) is 4.86. The maximum Gasteiger partial charge on any atom is 0.260 e. The fourth-order valence-corrected chi connectivity index (χ4v) is 6.26. The predicted molar refractivity (Wildman–Crippen MR) is 138 cm³/mol. The molecular weight excluding hydrogens is 468 g/mol. The number of fused-ring (bicyclic) bond motifs is 3. The number of amides is 1. The number of piperazine rings is 1. The molecule has 0 spiro atoms. The number of aromatic nitrogens is 2. The van der Waals surface area contributed by atoms with Crippen LogP contribution >= 0.6 is 22.9 Å². The quantitative estimate of drug-likeness (QED) is 0.432. The smallest absolute Gasteiger partial charge is 0.260 e. The Hall–Kier alpha value is -2.38. The molecule has 8 heteroatoms. The second kappa shape index (κ2) is 10.5. The number of rotatable bonds is 6. The first-order chi connectivity index (χ1) is 16.6. The monoisotopic (exact) mass is 498 g/mol. The summed E-state index contributed by atoms with van der Waals surface area (Å²) in [6, 6.07) is 7.10. The van der Waals surface area contributed by atoms with Crippen LogP contribution in [-0.2, 0) is 24.1 Å². The highest BCUT2D eigenvalue weighted by Gasteiger charge is 2.27. The van der Waals surface area contributed by atoms with Crippen LogP contribution in [0.25, 0.3) is 10.2 Å².